The summed E-state index contributed by atoms with van der Waals surface area (Å²) in [6.45, 7) is 3.54. The lowest BCUT2D eigenvalue weighted by Gasteiger charge is -2.10. The Labute approximate surface area is 119 Å². The van der Waals surface area contributed by atoms with Crippen molar-refractivity contribution in [2.24, 2.45) is 0 Å². The van der Waals surface area contributed by atoms with Gasteiger partial charge in [0.2, 0.25) is 0 Å². The Morgan fingerprint density at radius 1 is 1.05 bits per heavy atom. The molecule has 0 atom stereocenters. The Bertz CT molecular complexity index is 659. The van der Waals surface area contributed by atoms with Crippen LogP contribution in [0.2, 0.25) is 5.15 Å². The van der Waals surface area contributed by atoms with Crippen molar-refractivity contribution in [1.29, 1.82) is 0 Å². The number of nitrogens with zero attached hydrogens (tertiary/aromatic N) is 2. The normalized spacial score (nSPS) is 10.9. The largest absolute Gasteiger partial charge is 0.232 e. The molecule has 0 radical (unpaired) electrons. The molecule has 0 N–H and O–H groups in total. The molecule has 0 aliphatic carbocycles. The Hall–Kier alpha value is -1.62. The number of hydrogen-bond donors (Lipinski definition) is 0. The molecule has 0 bridgehead atoms. The molecule has 0 amide bonds. The molecular formula is C14H12ClF3N2. The fourth-order valence-electron chi connectivity index (χ4n) is 1.83. The predicted molar refractivity (Wildman–Crippen MR) is 71.1 cm³/mol. The van der Waals surface area contributed by atoms with Gasteiger partial charge in [-0.3, -0.25) is 0 Å². The number of halogens is 4. The van der Waals surface area contributed by atoms with E-state index in [1.807, 2.05) is 6.92 Å². The first-order valence-electron chi connectivity index (χ1n) is 6.12. The molecule has 0 saturated heterocycles. The van der Waals surface area contributed by atoms with Gasteiger partial charge in [-0.05, 0) is 19.4 Å². The van der Waals surface area contributed by atoms with Gasteiger partial charge in [0.05, 0.1) is 5.69 Å². The molecule has 20 heavy (non-hydrogen) atoms. The third-order valence-electron chi connectivity index (χ3n) is 2.87. The minimum atomic E-state index is -1.24. The van der Waals surface area contributed by atoms with Crippen molar-refractivity contribution in [3.63, 3.8) is 0 Å². The summed E-state index contributed by atoms with van der Waals surface area (Å²) in [5.74, 6) is -2.81. The van der Waals surface area contributed by atoms with Gasteiger partial charge in [0.25, 0.3) is 0 Å². The molecule has 1 aromatic carbocycles. The maximum absolute atomic E-state index is 13.8. The first kappa shape index (κ1) is 14.8. The molecule has 6 heteroatoms. The van der Waals surface area contributed by atoms with E-state index in [0.29, 0.717) is 23.9 Å². The predicted octanol–water partition coefficient (Wildman–Crippen LogP) is 4.48. The van der Waals surface area contributed by atoms with Gasteiger partial charge >= 0.3 is 0 Å². The second-order valence-corrected chi connectivity index (χ2v) is 4.76. The summed E-state index contributed by atoms with van der Waals surface area (Å²) in [6.07, 6.45) is 1.36. The molecular weight excluding hydrogens is 289 g/mol. The summed E-state index contributed by atoms with van der Waals surface area (Å²) >= 11 is 5.99. The molecule has 1 heterocycles. The fraction of sp³-hybridized carbons (Fsp3) is 0.286. The van der Waals surface area contributed by atoms with Crippen molar-refractivity contribution >= 4 is 11.6 Å². The Kier molecular flexibility index (Phi) is 4.28. The van der Waals surface area contributed by atoms with Crippen LogP contribution in [-0.2, 0) is 6.42 Å². The smallest absolute Gasteiger partial charge is 0.161 e. The molecule has 2 aromatic rings. The van der Waals surface area contributed by atoms with Gasteiger partial charge < -0.3 is 0 Å². The molecule has 1 aromatic heterocycles. The summed E-state index contributed by atoms with van der Waals surface area (Å²) in [7, 11) is 0. The van der Waals surface area contributed by atoms with E-state index < -0.39 is 17.5 Å². The first-order valence-corrected chi connectivity index (χ1v) is 6.49. The van der Waals surface area contributed by atoms with Crippen LogP contribution >= 0.6 is 11.6 Å². The van der Waals surface area contributed by atoms with E-state index in [0.717, 1.165) is 12.5 Å². The van der Waals surface area contributed by atoms with Gasteiger partial charge in [-0.25, -0.2) is 23.1 Å². The number of aromatic nitrogens is 2. The van der Waals surface area contributed by atoms with Crippen LogP contribution in [0.15, 0.2) is 12.1 Å². The van der Waals surface area contributed by atoms with E-state index in [1.165, 1.54) is 0 Å². The van der Waals surface area contributed by atoms with Crippen LogP contribution in [0.3, 0.4) is 0 Å². The zero-order valence-corrected chi connectivity index (χ0v) is 11.7. The van der Waals surface area contributed by atoms with Gasteiger partial charge in [-0.2, -0.15) is 0 Å². The van der Waals surface area contributed by atoms with E-state index in [2.05, 4.69) is 9.97 Å². The van der Waals surface area contributed by atoms with Crippen molar-refractivity contribution in [1.82, 2.24) is 9.97 Å². The van der Waals surface area contributed by atoms with E-state index >= 15 is 0 Å². The van der Waals surface area contributed by atoms with Gasteiger partial charge in [0, 0.05) is 23.6 Å². The lowest BCUT2D eigenvalue weighted by atomic mass is 10.1. The summed E-state index contributed by atoms with van der Waals surface area (Å²) in [5.41, 5.74) is 0.490. The fourth-order valence-corrected chi connectivity index (χ4v) is 2.02. The second-order valence-electron chi connectivity index (χ2n) is 4.40. The Morgan fingerprint density at radius 2 is 1.70 bits per heavy atom. The van der Waals surface area contributed by atoms with Crippen molar-refractivity contribution in [3.05, 3.63) is 46.1 Å². The second kappa shape index (κ2) is 5.79. The molecule has 106 valence electrons. The van der Waals surface area contributed by atoms with E-state index in [1.54, 1.807) is 6.92 Å². The minimum Gasteiger partial charge on any atom is -0.232 e. The van der Waals surface area contributed by atoms with Crippen molar-refractivity contribution in [2.75, 3.05) is 0 Å². The molecule has 2 rings (SSSR count). The van der Waals surface area contributed by atoms with Gasteiger partial charge in [0.1, 0.15) is 16.8 Å². The van der Waals surface area contributed by atoms with Crippen molar-refractivity contribution in [2.45, 2.75) is 26.7 Å². The topological polar surface area (TPSA) is 25.8 Å². The highest BCUT2D eigenvalue weighted by molar-refractivity contribution is 6.30. The monoisotopic (exact) mass is 300 g/mol. The quantitative estimate of drug-likeness (QED) is 0.617. The summed E-state index contributed by atoms with van der Waals surface area (Å²) < 4.78 is 40.1. The Balaban J connectivity index is 2.65. The van der Waals surface area contributed by atoms with Crippen LogP contribution in [0.5, 0.6) is 0 Å². The molecule has 0 fully saturated rings. The van der Waals surface area contributed by atoms with Gasteiger partial charge in [0.15, 0.2) is 11.6 Å². The highest BCUT2D eigenvalue weighted by Gasteiger charge is 2.17. The van der Waals surface area contributed by atoms with Crippen LogP contribution in [0.25, 0.3) is 11.3 Å². The van der Waals surface area contributed by atoms with Crippen LogP contribution in [0, 0.1) is 24.4 Å². The zero-order valence-electron chi connectivity index (χ0n) is 11.0. The average molecular weight is 301 g/mol. The third kappa shape index (κ3) is 2.77. The van der Waals surface area contributed by atoms with Crippen LogP contribution < -0.4 is 0 Å². The lowest BCUT2D eigenvalue weighted by molar-refractivity contribution is 0.496. The molecule has 2 nitrogen and oxygen atoms in total. The third-order valence-corrected chi connectivity index (χ3v) is 3.24. The minimum absolute atomic E-state index is 0.122. The van der Waals surface area contributed by atoms with E-state index in [9.17, 15) is 13.2 Å². The van der Waals surface area contributed by atoms with Crippen LogP contribution in [-0.4, -0.2) is 9.97 Å². The lowest BCUT2D eigenvalue weighted by Crippen LogP contribution is -2.02. The number of aryl methyl sites for hydroxylation is 1. The number of benzene rings is 1. The molecule has 0 aliphatic heterocycles. The SMILES string of the molecule is CCCc1nc(Cl)c(C)c(-c2cc(F)c(F)cc2F)n1. The van der Waals surface area contributed by atoms with Crippen LogP contribution in [0.1, 0.15) is 24.7 Å². The van der Waals surface area contributed by atoms with Crippen molar-refractivity contribution < 1.29 is 13.2 Å². The molecule has 0 aliphatic rings. The van der Waals surface area contributed by atoms with Crippen LogP contribution in [0.4, 0.5) is 13.2 Å². The molecule has 0 spiro atoms. The first-order chi connectivity index (χ1) is 9.43. The van der Waals surface area contributed by atoms with Crippen molar-refractivity contribution in [3.8, 4) is 11.3 Å². The summed E-state index contributed by atoms with van der Waals surface area (Å²) in [5, 5.41) is 0.183. The maximum atomic E-state index is 13.8. The molecule has 0 saturated carbocycles. The highest BCUT2D eigenvalue weighted by atomic mass is 35.5. The standard InChI is InChI=1S/C14H12ClF3N2/c1-3-4-12-19-13(7(2)14(15)20-12)8-5-10(17)11(18)6-9(8)16/h5-6H,3-4H2,1-2H3. The number of hydrogen-bond acceptors (Lipinski definition) is 2. The van der Waals surface area contributed by atoms with E-state index in [-0.39, 0.29) is 16.4 Å². The summed E-state index contributed by atoms with van der Waals surface area (Å²) in [4.78, 5) is 8.28. The highest BCUT2D eigenvalue weighted by Crippen LogP contribution is 2.29. The van der Waals surface area contributed by atoms with Gasteiger partial charge in [-0.15, -0.1) is 0 Å². The number of rotatable bonds is 3. The van der Waals surface area contributed by atoms with Gasteiger partial charge in [-0.1, -0.05) is 18.5 Å². The Morgan fingerprint density at radius 3 is 2.35 bits per heavy atom. The molecule has 0 unspecified atom stereocenters. The average Bonchev–Trinajstić information content (AvgIpc) is 2.38. The van der Waals surface area contributed by atoms with E-state index in [4.69, 9.17) is 11.6 Å². The summed E-state index contributed by atoms with van der Waals surface area (Å²) in [6, 6.07) is 1.28. The zero-order chi connectivity index (χ0) is 14.9. The maximum Gasteiger partial charge on any atom is 0.161 e.